The van der Waals surface area contributed by atoms with Gasteiger partial charge in [-0.1, -0.05) is 6.07 Å². The van der Waals surface area contributed by atoms with E-state index in [2.05, 4.69) is 11.6 Å². The fraction of sp³-hybridized carbons (Fsp3) is 0.462. The Bertz CT molecular complexity index is 412. The number of benzene rings is 1. The van der Waals surface area contributed by atoms with Gasteiger partial charge in [0.2, 0.25) is 0 Å². The molecule has 1 aromatic carbocycles. The van der Waals surface area contributed by atoms with E-state index in [0.717, 1.165) is 30.1 Å². The SMILES string of the molecule is CSCCCNc1cccc(N2CCOC2=O)c1. The van der Waals surface area contributed by atoms with E-state index in [1.165, 1.54) is 0 Å². The third-order valence-electron chi connectivity index (χ3n) is 2.77. The van der Waals surface area contributed by atoms with Crippen LogP contribution in [0.4, 0.5) is 16.2 Å². The fourth-order valence-corrected chi connectivity index (χ4v) is 2.29. The van der Waals surface area contributed by atoms with E-state index in [0.29, 0.717) is 13.2 Å². The van der Waals surface area contributed by atoms with E-state index >= 15 is 0 Å². The van der Waals surface area contributed by atoms with Crippen molar-refractivity contribution in [2.75, 3.05) is 41.9 Å². The van der Waals surface area contributed by atoms with Crippen LogP contribution in [0.3, 0.4) is 0 Å². The van der Waals surface area contributed by atoms with Gasteiger partial charge in [-0.15, -0.1) is 0 Å². The minimum Gasteiger partial charge on any atom is -0.447 e. The van der Waals surface area contributed by atoms with Gasteiger partial charge in [-0.05, 0) is 36.6 Å². The third-order valence-corrected chi connectivity index (χ3v) is 3.47. The van der Waals surface area contributed by atoms with Gasteiger partial charge in [0.05, 0.1) is 6.54 Å². The molecule has 1 amide bonds. The molecule has 4 nitrogen and oxygen atoms in total. The quantitative estimate of drug-likeness (QED) is 0.804. The van der Waals surface area contributed by atoms with Crippen molar-refractivity contribution in [2.24, 2.45) is 0 Å². The summed E-state index contributed by atoms with van der Waals surface area (Å²) < 4.78 is 4.94. The predicted molar refractivity (Wildman–Crippen MR) is 76.6 cm³/mol. The van der Waals surface area contributed by atoms with Crippen LogP contribution < -0.4 is 10.2 Å². The van der Waals surface area contributed by atoms with E-state index in [9.17, 15) is 4.79 Å². The molecule has 0 radical (unpaired) electrons. The lowest BCUT2D eigenvalue weighted by atomic mass is 10.2. The van der Waals surface area contributed by atoms with Crippen molar-refractivity contribution in [1.29, 1.82) is 0 Å². The second-order valence-corrected chi connectivity index (χ2v) is 5.08. The second-order valence-electron chi connectivity index (χ2n) is 4.09. The Morgan fingerprint density at radius 1 is 1.50 bits per heavy atom. The van der Waals surface area contributed by atoms with Gasteiger partial charge in [-0.25, -0.2) is 4.79 Å². The molecule has 0 saturated carbocycles. The minimum atomic E-state index is -0.255. The van der Waals surface area contributed by atoms with Crippen LogP contribution in [0.1, 0.15) is 6.42 Å². The van der Waals surface area contributed by atoms with Crippen LogP contribution in [0.15, 0.2) is 24.3 Å². The molecule has 1 saturated heterocycles. The Morgan fingerprint density at radius 2 is 2.39 bits per heavy atom. The van der Waals surface area contributed by atoms with Gasteiger partial charge < -0.3 is 10.1 Å². The Hall–Kier alpha value is -1.36. The highest BCUT2D eigenvalue weighted by Crippen LogP contribution is 2.22. The van der Waals surface area contributed by atoms with Crippen LogP contribution in [0, 0.1) is 0 Å². The van der Waals surface area contributed by atoms with Gasteiger partial charge in [0.15, 0.2) is 0 Å². The first-order valence-electron chi connectivity index (χ1n) is 6.08. The number of nitrogens with zero attached hydrogens (tertiary/aromatic N) is 1. The van der Waals surface area contributed by atoms with Crippen molar-refractivity contribution in [1.82, 2.24) is 0 Å². The smallest absolute Gasteiger partial charge is 0.414 e. The number of thioether (sulfide) groups is 1. The van der Waals surface area contributed by atoms with Crippen LogP contribution in [0.2, 0.25) is 0 Å². The number of hydrogen-bond acceptors (Lipinski definition) is 4. The Morgan fingerprint density at radius 3 is 3.11 bits per heavy atom. The molecule has 0 aromatic heterocycles. The van der Waals surface area contributed by atoms with Crippen molar-refractivity contribution in [3.63, 3.8) is 0 Å². The monoisotopic (exact) mass is 266 g/mol. The zero-order valence-electron chi connectivity index (χ0n) is 10.5. The molecule has 5 heteroatoms. The highest BCUT2D eigenvalue weighted by atomic mass is 32.2. The van der Waals surface area contributed by atoms with E-state index < -0.39 is 0 Å². The van der Waals surface area contributed by atoms with Gasteiger partial charge >= 0.3 is 6.09 Å². The van der Waals surface area contributed by atoms with Crippen molar-refractivity contribution < 1.29 is 9.53 Å². The normalized spacial score (nSPS) is 14.7. The van der Waals surface area contributed by atoms with Gasteiger partial charge in [-0.2, -0.15) is 11.8 Å². The number of carbonyl (C=O) groups excluding carboxylic acids is 1. The first-order valence-corrected chi connectivity index (χ1v) is 7.48. The van der Waals surface area contributed by atoms with Gasteiger partial charge in [0.1, 0.15) is 6.61 Å². The minimum absolute atomic E-state index is 0.255. The summed E-state index contributed by atoms with van der Waals surface area (Å²) in [5.74, 6) is 1.16. The zero-order chi connectivity index (χ0) is 12.8. The summed E-state index contributed by atoms with van der Waals surface area (Å²) in [5.41, 5.74) is 1.95. The Labute approximate surface area is 112 Å². The number of nitrogens with one attached hydrogen (secondary N) is 1. The van der Waals surface area contributed by atoms with E-state index in [-0.39, 0.29) is 6.09 Å². The summed E-state index contributed by atoms with van der Waals surface area (Å²) in [7, 11) is 0. The van der Waals surface area contributed by atoms with E-state index in [1.54, 1.807) is 4.90 Å². The van der Waals surface area contributed by atoms with Crippen molar-refractivity contribution in [2.45, 2.75) is 6.42 Å². The molecular weight excluding hydrogens is 248 g/mol. The average Bonchev–Trinajstić information content (AvgIpc) is 2.81. The molecule has 1 aliphatic rings. The summed E-state index contributed by atoms with van der Waals surface area (Å²) in [6, 6.07) is 7.90. The summed E-state index contributed by atoms with van der Waals surface area (Å²) in [5, 5.41) is 3.37. The number of anilines is 2. The van der Waals surface area contributed by atoms with Gasteiger partial charge in [-0.3, -0.25) is 4.90 Å². The number of hydrogen-bond donors (Lipinski definition) is 1. The van der Waals surface area contributed by atoms with Crippen molar-refractivity contribution in [3.05, 3.63) is 24.3 Å². The van der Waals surface area contributed by atoms with Crippen LogP contribution in [0.25, 0.3) is 0 Å². The lowest BCUT2D eigenvalue weighted by molar-refractivity contribution is 0.181. The largest absolute Gasteiger partial charge is 0.447 e. The van der Waals surface area contributed by atoms with Crippen LogP contribution in [-0.2, 0) is 4.74 Å². The van der Waals surface area contributed by atoms with Crippen molar-refractivity contribution in [3.8, 4) is 0 Å². The average molecular weight is 266 g/mol. The molecule has 1 heterocycles. The standard InChI is InChI=1S/C13H18N2O2S/c1-18-9-3-6-14-11-4-2-5-12(10-11)15-7-8-17-13(15)16/h2,4-5,10,14H,3,6-9H2,1H3. The van der Waals surface area contributed by atoms with Crippen LogP contribution in [-0.4, -0.2) is 37.8 Å². The number of carbonyl (C=O) groups is 1. The molecule has 1 aliphatic heterocycles. The summed E-state index contributed by atoms with van der Waals surface area (Å²) in [6.45, 7) is 2.06. The first kappa shape index (κ1) is 13.1. The van der Waals surface area contributed by atoms with Crippen LogP contribution >= 0.6 is 11.8 Å². The van der Waals surface area contributed by atoms with E-state index in [4.69, 9.17) is 4.74 Å². The molecule has 1 fully saturated rings. The van der Waals surface area contributed by atoms with Gasteiger partial charge in [0.25, 0.3) is 0 Å². The molecule has 18 heavy (non-hydrogen) atoms. The highest BCUT2D eigenvalue weighted by Gasteiger charge is 2.23. The number of cyclic esters (lactones) is 1. The first-order chi connectivity index (χ1) is 8.81. The lowest BCUT2D eigenvalue weighted by Gasteiger charge is -2.14. The van der Waals surface area contributed by atoms with E-state index in [1.807, 2.05) is 36.0 Å². The van der Waals surface area contributed by atoms with Gasteiger partial charge in [0, 0.05) is 17.9 Å². The molecule has 0 aliphatic carbocycles. The number of amides is 1. The topological polar surface area (TPSA) is 41.6 Å². The molecule has 0 bridgehead atoms. The molecule has 1 N–H and O–H groups in total. The predicted octanol–water partition coefficient (Wildman–Crippen LogP) is 2.81. The molecule has 0 spiro atoms. The number of rotatable bonds is 6. The zero-order valence-corrected chi connectivity index (χ0v) is 11.3. The fourth-order valence-electron chi connectivity index (χ4n) is 1.86. The summed E-state index contributed by atoms with van der Waals surface area (Å²) >= 11 is 1.85. The maximum Gasteiger partial charge on any atom is 0.414 e. The molecule has 98 valence electrons. The Kier molecular flexibility index (Phi) is 4.75. The Balaban J connectivity index is 1.94. The maximum atomic E-state index is 11.5. The summed E-state index contributed by atoms with van der Waals surface area (Å²) in [6.07, 6.45) is 2.99. The second kappa shape index (κ2) is 6.54. The number of ether oxygens (including phenoxy) is 1. The van der Waals surface area contributed by atoms with Crippen LogP contribution in [0.5, 0.6) is 0 Å². The third kappa shape index (κ3) is 3.32. The molecule has 0 unspecified atom stereocenters. The van der Waals surface area contributed by atoms with Crippen molar-refractivity contribution >= 4 is 29.2 Å². The highest BCUT2D eigenvalue weighted by molar-refractivity contribution is 7.98. The molecule has 0 atom stereocenters. The maximum absolute atomic E-state index is 11.5. The lowest BCUT2D eigenvalue weighted by Crippen LogP contribution is -2.23. The molecule has 1 aromatic rings. The molecular formula is C13H18N2O2S. The molecule has 2 rings (SSSR count). The summed E-state index contributed by atoms with van der Waals surface area (Å²) in [4.78, 5) is 13.1.